The van der Waals surface area contributed by atoms with E-state index in [-0.39, 0.29) is 11.3 Å². The van der Waals surface area contributed by atoms with E-state index in [0.717, 1.165) is 5.56 Å². The number of benzene rings is 2. The summed E-state index contributed by atoms with van der Waals surface area (Å²) in [6, 6.07) is 14.8. The van der Waals surface area contributed by atoms with Gasteiger partial charge < -0.3 is 4.84 Å². The van der Waals surface area contributed by atoms with E-state index in [1.165, 1.54) is 24.3 Å². The van der Waals surface area contributed by atoms with Gasteiger partial charge in [-0.15, -0.1) is 0 Å². The maximum Gasteiger partial charge on any atom is 0.365 e. The van der Waals surface area contributed by atoms with E-state index in [0.29, 0.717) is 5.71 Å². The van der Waals surface area contributed by atoms with Crippen molar-refractivity contribution in [1.82, 2.24) is 0 Å². The molecule has 0 atom stereocenters. The molecule has 0 heterocycles. The van der Waals surface area contributed by atoms with Gasteiger partial charge in [0.2, 0.25) is 0 Å². The number of carbonyl (C=O) groups is 1. The van der Waals surface area contributed by atoms with Crippen LogP contribution >= 0.6 is 0 Å². The zero-order chi connectivity index (χ0) is 16.7. The van der Waals surface area contributed by atoms with Crippen LogP contribution in [0.2, 0.25) is 0 Å². The Hall–Kier alpha value is -3.28. The normalized spacial score (nSPS) is 11.4. The van der Waals surface area contributed by atoms with Gasteiger partial charge in [-0.05, 0) is 30.7 Å². The van der Waals surface area contributed by atoms with Crippen molar-refractivity contribution in [2.24, 2.45) is 5.16 Å². The van der Waals surface area contributed by atoms with E-state index in [4.69, 9.17) is 4.84 Å². The summed E-state index contributed by atoms with van der Waals surface area (Å²) in [6.07, 6.45) is 3.57. The second kappa shape index (κ2) is 7.65. The molecule has 6 nitrogen and oxygen atoms in total. The van der Waals surface area contributed by atoms with Gasteiger partial charge in [-0.25, -0.2) is 4.79 Å². The zero-order valence-electron chi connectivity index (χ0n) is 12.4. The summed E-state index contributed by atoms with van der Waals surface area (Å²) in [5, 5.41) is 14.3. The van der Waals surface area contributed by atoms with Crippen molar-refractivity contribution in [2.75, 3.05) is 0 Å². The molecule has 116 valence electrons. The Kier molecular flexibility index (Phi) is 5.35. The molecule has 0 unspecified atom stereocenters. The molecule has 0 aliphatic rings. The monoisotopic (exact) mass is 310 g/mol. The third-order valence-corrected chi connectivity index (χ3v) is 2.90. The molecule has 0 radical (unpaired) electrons. The number of nitro groups is 1. The summed E-state index contributed by atoms with van der Waals surface area (Å²) >= 11 is 0. The van der Waals surface area contributed by atoms with Gasteiger partial charge in [0.15, 0.2) is 0 Å². The highest BCUT2D eigenvalue weighted by atomic mass is 16.7. The molecule has 0 aliphatic carbocycles. The first-order valence-electron chi connectivity index (χ1n) is 6.80. The first-order valence-corrected chi connectivity index (χ1v) is 6.80. The molecule has 2 aromatic rings. The lowest BCUT2D eigenvalue weighted by Gasteiger charge is -1.98. The highest BCUT2D eigenvalue weighted by molar-refractivity contribution is 5.97. The van der Waals surface area contributed by atoms with Gasteiger partial charge in [0, 0.05) is 12.1 Å². The first-order chi connectivity index (χ1) is 11.1. The minimum Gasteiger partial charge on any atom is -0.313 e. The van der Waals surface area contributed by atoms with Crippen LogP contribution in [0.15, 0.2) is 65.8 Å². The summed E-state index contributed by atoms with van der Waals surface area (Å²) in [6.45, 7) is 1.70. The molecular formula is C17H14N2O4. The fraction of sp³-hybridized carbons (Fsp3) is 0.0588. The molecule has 23 heavy (non-hydrogen) atoms. The van der Waals surface area contributed by atoms with Gasteiger partial charge in [-0.3, -0.25) is 10.1 Å². The van der Waals surface area contributed by atoms with Crippen LogP contribution in [-0.4, -0.2) is 16.6 Å². The lowest BCUT2D eigenvalue weighted by molar-refractivity contribution is -0.384. The summed E-state index contributed by atoms with van der Waals surface area (Å²) < 4.78 is 0. The topological polar surface area (TPSA) is 81.8 Å². The fourth-order valence-corrected chi connectivity index (χ4v) is 1.70. The smallest absolute Gasteiger partial charge is 0.313 e. The van der Waals surface area contributed by atoms with Gasteiger partial charge in [0.25, 0.3) is 5.69 Å². The van der Waals surface area contributed by atoms with Crippen LogP contribution in [-0.2, 0) is 4.84 Å². The van der Waals surface area contributed by atoms with E-state index in [2.05, 4.69) is 5.16 Å². The first kappa shape index (κ1) is 16.1. The Labute approximate surface area is 132 Å². The number of oxime groups is 1. The van der Waals surface area contributed by atoms with Crippen LogP contribution in [0.3, 0.4) is 0 Å². The van der Waals surface area contributed by atoms with Crippen LogP contribution < -0.4 is 0 Å². The van der Waals surface area contributed by atoms with Crippen LogP contribution in [0.5, 0.6) is 0 Å². The highest BCUT2D eigenvalue weighted by Crippen LogP contribution is 2.12. The van der Waals surface area contributed by atoms with Crippen molar-refractivity contribution >= 4 is 23.4 Å². The number of non-ortho nitro benzene ring substituents is 1. The van der Waals surface area contributed by atoms with E-state index in [1.54, 1.807) is 13.0 Å². The molecule has 0 spiro atoms. The minimum atomic E-state index is -0.674. The number of nitro benzene ring substituents is 1. The lowest BCUT2D eigenvalue weighted by atomic mass is 10.2. The Morgan fingerprint density at radius 2 is 1.78 bits per heavy atom. The van der Waals surface area contributed by atoms with E-state index < -0.39 is 10.9 Å². The third kappa shape index (κ3) is 4.89. The van der Waals surface area contributed by atoms with E-state index in [1.807, 2.05) is 36.4 Å². The Bertz CT molecular complexity index is 750. The summed E-state index contributed by atoms with van der Waals surface area (Å²) in [5.41, 5.74) is 1.62. The van der Waals surface area contributed by atoms with Crippen molar-refractivity contribution in [3.63, 3.8) is 0 Å². The summed E-state index contributed by atoms with van der Waals surface area (Å²) in [5.74, 6) is -0.674. The van der Waals surface area contributed by atoms with E-state index >= 15 is 0 Å². The summed E-state index contributed by atoms with van der Waals surface area (Å²) in [7, 11) is 0. The number of nitrogens with zero attached hydrogens (tertiary/aromatic N) is 2. The maximum atomic E-state index is 11.8. The number of carbonyl (C=O) groups excluding carboxylic acids is 1. The van der Waals surface area contributed by atoms with Gasteiger partial charge in [0.05, 0.1) is 16.2 Å². The van der Waals surface area contributed by atoms with Crippen LogP contribution in [0.1, 0.15) is 22.8 Å². The zero-order valence-corrected chi connectivity index (χ0v) is 12.4. The van der Waals surface area contributed by atoms with Crippen LogP contribution in [0, 0.1) is 10.1 Å². The van der Waals surface area contributed by atoms with Crippen molar-refractivity contribution in [3.8, 4) is 0 Å². The fourth-order valence-electron chi connectivity index (χ4n) is 1.70. The third-order valence-electron chi connectivity index (χ3n) is 2.90. The molecule has 6 heteroatoms. The Morgan fingerprint density at radius 3 is 2.39 bits per heavy atom. The van der Waals surface area contributed by atoms with Crippen molar-refractivity contribution in [3.05, 3.63) is 81.9 Å². The standard InChI is InChI=1S/C17H14N2O4/c1-13(7-8-14-5-3-2-4-6-14)18-23-17(20)15-9-11-16(12-10-15)19(21)22/h2-12H,1H3. The molecule has 0 saturated carbocycles. The second-order valence-electron chi connectivity index (χ2n) is 4.66. The molecule has 0 N–H and O–H groups in total. The molecule has 0 saturated heterocycles. The molecule has 2 rings (SSSR count). The lowest BCUT2D eigenvalue weighted by Crippen LogP contribution is -2.02. The maximum absolute atomic E-state index is 11.8. The van der Waals surface area contributed by atoms with Gasteiger partial charge in [0.1, 0.15) is 0 Å². The SMILES string of the molecule is CC(C=Cc1ccccc1)=NOC(=O)c1ccc([N+](=O)[O-])cc1. The predicted molar refractivity (Wildman–Crippen MR) is 87.1 cm³/mol. The molecule has 0 fully saturated rings. The number of allylic oxidation sites excluding steroid dienone is 1. The molecule has 0 aromatic heterocycles. The number of rotatable bonds is 5. The van der Waals surface area contributed by atoms with Crippen molar-refractivity contribution in [1.29, 1.82) is 0 Å². The molecular weight excluding hydrogens is 296 g/mol. The van der Waals surface area contributed by atoms with E-state index in [9.17, 15) is 14.9 Å². The predicted octanol–water partition coefficient (Wildman–Crippen LogP) is 3.84. The van der Waals surface area contributed by atoms with Crippen LogP contribution in [0.25, 0.3) is 6.08 Å². The number of hydrogen-bond acceptors (Lipinski definition) is 5. The highest BCUT2D eigenvalue weighted by Gasteiger charge is 2.10. The van der Waals surface area contributed by atoms with Gasteiger partial charge in [-0.2, -0.15) is 0 Å². The quantitative estimate of drug-likeness (QED) is 0.363. The Balaban J connectivity index is 1.97. The van der Waals surface area contributed by atoms with Crippen molar-refractivity contribution in [2.45, 2.75) is 6.92 Å². The van der Waals surface area contributed by atoms with Gasteiger partial charge >= 0.3 is 5.97 Å². The van der Waals surface area contributed by atoms with Gasteiger partial charge in [-0.1, -0.05) is 41.6 Å². The largest absolute Gasteiger partial charge is 0.365 e. The average molecular weight is 310 g/mol. The Morgan fingerprint density at radius 1 is 1.13 bits per heavy atom. The van der Waals surface area contributed by atoms with Crippen LogP contribution in [0.4, 0.5) is 5.69 Å². The number of hydrogen-bond donors (Lipinski definition) is 0. The summed E-state index contributed by atoms with van der Waals surface area (Å²) in [4.78, 5) is 26.6. The molecule has 0 aliphatic heterocycles. The average Bonchev–Trinajstić information content (AvgIpc) is 2.58. The van der Waals surface area contributed by atoms with Crippen molar-refractivity contribution < 1.29 is 14.6 Å². The minimum absolute atomic E-state index is 0.0907. The molecule has 2 aromatic carbocycles. The second-order valence-corrected chi connectivity index (χ2v) is 4.66. The molecule has 0 bridgehead atoms. The molecule has 0 amide bonds.